The molecule has 2 rings (SSSR count). The fourth-order valence-corrected chi connectivity index (χ4v) is 1.85. The molecule has 1 heterocycles. The minimum Gasteiger partial charge on any atom is -0.240 e. The normalized spacial score (nSPS) is 11.3. The lowest BCUT2D eigenvalue weighted by molar-refractivity contribution is -0.137. The highest BCUT2D eigenvalue weighted by atomic mass is 127. The summed E-state index contributed by atoms with van der Waals surface area (Å²) in [5.41, 5.74) is -1.08. The number of benzene rings is 1. The molecule has 18 heavy (non-hydrogen) atoms. The maximum atomic E-state index is 12.8. The van der Waals surface area contributed by atoms with Crippen molar-refractivity contribution in [3.8, 4) is 11.8 Å². The van der Waals surface area contributed by atoms with Crippen molar-refractivity contribution in [2.24, 2.45) is 0 Å². The Morgan fingerprint density at radius 1 is 1.28 bits per heavy atom. The highest BCUT2D eigenvalue weighted by molar-refractivity contribution is 14.1. The molecule has 0 bridgehead atoms. The summed E-state index contributed by atoms with van der Waals surface area (Å²) in [5, 5.41) is 12.7. The summed E-state index contributed by atoms with van der Waals surface area (Å²) in [5.74, 6) is 0. The van der Waals surface area contributed by atoms with Gasteiger partial charge in [-0.15, -0.1) is 0 Å². The van der Waals surface area contributed by atoms with Crippen molar-refractivity contribution in [1.82, 2.24) is 9.78 Å². The van der Waals surface area contributed by atoms with Crippen LogP contribution in [0.15, 0.2) is 30.5 Å². The number of nitrogens with zero attached hydrogens (tertiary/aromatic N) is 3. The van der Waals surface area contributed by atoms with Gasteiger partial charge in [0.15, 0.2) is 0 Å². The smallest absolute Gasteiger partial charge is 0.240 e. The minimum absolute atomic E-state index is 0.268. The zero-order chi connectivity index (χ0) is 13.3. The zero-order valence-electron chi connectivity index (χ0n) is 8.74. The van der Waals surface area contributed by atoms with Gasteiger partial charge in [-0.1, -0.05) is 0 Å². The Morgan fingerprint density at radius 2 is 2.00 bits per heavy atom. The molecule has 0 spiro atoms. The molecule has 0 aliphatic carbocycles. The number of hydrogen-bond donors (Lipinski definition) is 0. The van der Waals surface area contributed by atoms with E-state index in [1.165, 1.54) is 16.8 Å². The third kappa shape index (κ3) is 2.48. The lowest BCUT2D eigenvalue weighted by Crippen LogP contribution is -2.09. The highest BCUT2D eigenvalue weighted by Crippen LogP contribution is 2.33. The Hall–Kier alpha value is -1.56. The topological polar surface area (TPSA) is 41.6 Å². The fraction of sp³-hybridized carbons (Fsp3) is 0.0909. The van der Waals surface area contributed by atoms with E-state index in [2.05, 4.69) is 5.10 Å². The molecule has 1 aromatic heterocycles. The maximum Gasteiger partial charge on any atom is 0.417 e. The van der Waals surface area contributed by atoms with Gasteiger partial charge in [0.1, 0.15) is 3.70 Å². The summed E-state index contributed by atoms with van der Waals surface area (Å²) >= 11 is 1.96. The van der Waals surface area contributed by atoms with Gasteiger partial charge in [0.05, 0.1) is 22.9 Å². The average Bonchev–Trinajstić information content (AvgIpc) is 2.74. The molecule has 0 atom stereocenters. The first-order valence-corrected chi connectivity index (χ1v) is 5.82. The van der Waals surface area contributed by atoms with Crippen molar-refractivity contribution in [3.05, 3.63) is 45.3 Å². The van der Waals surface area contributed by atoms with Crippen molar-refractivity contribution in [2.75, 3.05) is 0 Å². The number of alkyl halides is 3. The highest BCUT2D eigenvalue weighted by Gasteiger charge is 2.34. The van der Waals surface area contributed by atoms with Crippen LogP contribution in [0.1, 0.15) is 11.1 Å². The van der Waals surface area contributed by atoms with E-state index in [0.29, 0.717) is 3.70 Å². The van der Waals surface area contributed by atoms with E-state index in [1.807, 2.05) is 22.6 Å². The molecular formula is C11H5F3IN3. The van der Waals surface area contributed by atoms with Crippen molar-refractivity contribution < 1.29 is 13.2 Å². The Labute approximate surface area is 114 Å². The first kappa shape index (κ1) is 12.9. The lowest BCUT2D eigenvalue weighted by atomic mass is 10.1. The molecule has 0 unspecified atom stereocenters. The molecule has 0 saturated carbocycles. The van der Waals surface area contributed by atoms with E-state index in [9.17, 15) is 13.2 Å². The van der Waals surface area contributed by atoms with Crippen LogP contribution >= 0.6 is 22.6 Å². The van der Waals surface area contributed by atoms with Crippen LogP contribution < -0.4 is 0 Å². The van der Waals surface area contributed by atoms with Crippen molar-refractivity contribution in [2.45, 2.75) is 6.18 Å². The van der Waals surface area contributed by atoms with Crippen LogP contribution in [0.3, 0.4) is 0 Å². The predicted octanol–water partition coefficient (Wildman–Crippen LogP) is 3.37. The summed E-state index contributed by atoms with van der Waals surface area (Å²) in [6.45, 7) is 0. The Morgan fingerprint density at radius 3 is 2.50 bits per heavy atom. The maximum absolute atomic E-state index is 12.8. The van der Waals surface area contributed by atoms with E-state index in [1.54, 1.807) is 12.3 Å². The van der Waals surface area contributed by atoms with E-state index < -0.39 is 17.3 Å². The summed E-state index contributed by atoms with van der Waals surface area (Å²) in [4.78, 5) is 0. The predicted molar refractivity (Wildman–Crippen MR) is 66.0 cm³/mol. The van der Waals surface area contributed by atoms with Gasteiger partial charge >= 0.3 is 6.18 Å². The number of nitriles is 1. The van der Waals surface area contributed by atoms with Crippen molar-refractivity contribution in [3.63, 3.8) is 0 Å². The minimum atomic E-state index is -4.55. The average molecular weight is 363 g/mol. The standard InChI is InChI=1S/C11H5F3IN3/c12-11(13,14)9-5-8(2-1-7(9)6-16)18-4-3-10(15)17-18/h1-5H. The summed E-state index contributed by atoms with van der Waals surface area (Å²) in [6, 6.07) is 6.70. The number of halogens is 4. The Bertz CT molecular complexity index is 625. The van der Waals surface area contributed by atoms with Gasteiger partial charge in [-0.3, -0.25) is 0 Å². The summed E-state index contributed by atoms with van der Waals surface area (Å²) in [6.07, 6.45) is -3.00. The van der Waals surface area contributed by atoms with Crippen LogP contribution in [0.2, 0.25) is 0 Å². The molecule has 0 aliphatic heterocycles. The summed E-state index contributed by atoms with van der Waals surface area (Å²) < 4.78 is 40.3. The monoisotopic (exact) mass is 363 g/mol. The molecule has 0 radical (unpaired) electrons. The molecule has 3 nitrogen and oxygen atoms in total. The number of aromatic nitrogens is 2. The molecule has 0 aliphatic rings. The third-order valence-corrected chi connectivity index (χ3v) is 2.83. The van der Waals surface area contributed by atoms with E-state index in [4.69, 9.17) is 5.26 Å². The van der Waals surface area contributed by atoms with Crippen LogP contribution in [0.5, 0.6) is 0 Å². The quantitative estimate of drug-likeness (QED) is 0.730. The zero-order valence-corrected chi connectivity index (χ0v) is 10.9. The molecule has 1 aromatic carbocycles. The van der Waals surface area contributed by atoms with Crippen LogP contribution in [-0.4, -0.2) is 9.78 Å². The van der Waals surface area contributed by atoms with Gasteiger partial charge in [0, 0.05) is 6.20 Å². The van der Waals surface area contributed by atoms with Gasteiger partial charge in [0.25, 0.3) is 0 Å². The molecule has 2 aromatic rings. The number of rotatable bonds is 1. The number of hydrogen-bond acceptors (Lipinski definition) is 2. The van der Waals surface area contributed by atoms with Gasteiger partial charge < -0.3 is 0 Å². The van der Waals surface area contributed by atoms with Crippen LogP contribution in [0.25, 0.3) is 5.69 Å². The van der Waals surface area contributed by atoms with Gasteiger partial charge in [-0.05, 0) is 46.9 Å². The molecule has 0 amide bonds. The largest absolute Gasteiger partial charge is 0.417 e. The molecule has 0 N–H and O–H groups in total. The Kier molecular flexibility index (Phi) is 3.30. The molecule has 0 saturated heterocycles. The Balaban J connectivity index is 2.57. The van der Waals surface area contributed by atoms with E-state index in [0.717, 1.165) is 12.1 Å². The van der Waals surface area contributed by atoms with E-state index in [-0.39, 0.29) is 5.69 Å². The fourth-order valence-electron chi connectivity index (χ4n) is 1.45. The van der Waals surface area contributed by atoms with E-state index >= 15 is 0 Å². The molecule has 0 fully saturated rings. The van der Waals surface area contributed by atoms with Gasteiger partial charge in [-0.25, -0.2) is 4.68 Å². The van der Waals surface area contributed by atoms with Gasteiger partial charge in [-0.2, -0.15) is 23.5 Å². The third-order valence-electron chi connectivity index (χ3n) is 2.25. The first-order valence-electron chi connectivity index (χ1n) is 4.74. The SMILES string of the molecule is N#Cc1ccc(-n2ccc(I)n2)cc1C(F)(F)F. The molecule has 7 heteroatoms. The second-order valence-electron chi connectivity index (χ2n) is 3.42. The first-order chi connectivity index (χ1) is 8.41. The molecule has 92 valence electrons. The lowest BCUT2D eigenvalue weighted by Gasteiger charge is -2.10. The summed E-state index contributed by atoms with van der Waals surface area (Å²) in [7, 11) is 0. The van der Waals surface area contributed by atoms with Crippen LogP contribution in [0, 0.1) is 15.0 Å². The second kappa shape index (κ2) is 4.61. The molecular weight excluding hydrogens is 358 g/mol. The van der Waals surface area contributed by atoms with Crippen molar-refractivity contribution in [1.29, 1.82) is 5.26 Å². The van der Waals surface area contributed by atoms with Crippen LogP contribution in [-0.2, 0) is 6.18 Å². The van der Waals surface area contributed by atoms with Gasteiger partial charge in [0.2, 0.25) is 0 Å². The van der Waals surface area contributed by atoms with Crippen LogP contribution in [0.4, 0.5) is 13.2 Å². The van der Waals surface area contributed by atoms with Crippen molar-refractivity contribution >= 4 is 22.6 Å². The second-order valence-corrected chi connectivity index (χ2v) is 4.53.